The average Bonchev–Trinajstić information content (AvgIpc) is 2.80. The highest BCUT2D eigenvalue weighted by Crippen LogP contribution is 2.26. The highest BCUT2D eigenvalue weighted by molar-refractivity contribution is 5.26. The average molecular weight is 248 g/mol. The van der Waals surface area contributed by atoms with Crippen LogP contribution in [0.4, 0.5) is 4.39 Å². The maximum Gasteiger partial charge on any atom is 0.123 e. The molecule has 1 aromatic rings. The first-order valence-electron chi connectivity index (χ1n) is 6.93. The van der Waals surface area contributed by atoms with Gasteiger partial charge in [-0.15, -0.1) is 0 Å². The fraction of sp³-hybridized carbons (Fsp3) is 0.600. The largest absolute Gasteiger partial charge is 0.314 e. The zero-order chi connectivity index (χ0) is 12.5. The fourth-order valence-electron chi connectivity index (χ4n) is 3.34. The van der Waals surface area contributed by atoms with Crippen LogP contribution in [0.25, 0.3) is 0 Å². The smallest absolute Gasteiger partial charge is 0.123 e. The molecule has 1 aromatic carbocycles. The normalized spacial score (nSPS) is 28.3. The Kier molecular flexibility index (Phi) is 3.35. The van der Waals surface area contributed by atoms with E-state index in [1.165, 1.54) is 31.5 Å². The number of rotatable bonds is 2. The molecule has 0 saturated carbocycles. The first-order valence-corrected chi connectivity index (χ1v) is 6.93. The fourth-order valence-corrected chi connectivity index (χ4v) is 3.34. The monoisotopic (exact) mass is 248 g/mol. The lowest BCUT2D eigenvalue weighted by molar-refractivity contribution is 0.155. The summed E-state index contributed by atoms with van der Waals surface area (Å²) in [5, 5.41) is 3.59. The van der Waals surface area contributed by atoms with Crippen molar-refractivity contribution in [3.63, 3.8) is 0 Å². The molecule has 1 N–H and O–H groups in total. The molecule has 2 heterocycles. The Balaban J connectivity index is 1.66. The lowest BCUT2D eigenvalue weighted by atomic mass is 9.93. The van der Waals surface area contributed by atoms with Crippen molar-refractivity contribution in [2.24, 2.45) is 5.92 Å². The van der Waals surface area contributed by atoms with E-state index in [0.717, 1.165) is 30.6 Å². The molecular formula is C15H21FN2. The molecule has 3 rings (SSSR count). The molecule has 2 aliphatic heterocycles. The van der Waals surface area contributed by atoms with Crippen molar-refractivity contribution in [2.75, 3.05) is 19.6 Å². The SMILES string of the molecule is Cc1cc(F)ccc1CN1CCC2NCCC2C1. The summed E-state index contributed by atoms with van der Waals surface area (Å²) in [5.74, 6) is 0.689. The summed E-state index contributed by atoms with van der Waals surface area (Å²) >= 11 is 0. The van der Waals surface area contributed by atoms with Crippen molar-refractivity contribution in [1.29, 1.82) is 0 Å². The van der Waals surface area contributed by atoms with E-state index in [4.69, 9.17) is 0 Å². The van der Waals surface area contributed by atoms with Gasteiger partial charge in [0.2, 0.25) is 0 Å². The number of halogens is 1. The number of hydrogen-bond donors (Lipinski definition) is 1. The van der Waals surface area contributed by atoms with E-state index < -0.39 is 0 Å². The number of fused-ring (bicyclic) bond motifs is 1. The second-order valence-electron chi connectivity index (χ2n) is 5.70. The van der Waals surface area contributed by atoms with Gasteiger partial charge in [0.05, 0.1) is 0 Å². The second kappa shape index (κ2) is 4.98. The third kappa shape index (κ3) is 2.43. The van der Waals surface area contributed by atoms with E-state index in [1.807, 2.05) is 13.0 Å². The predicted octanol–water partition coefficient (Wildman–Crippen LogP) is 2.32. The van der Waals surface area contributed by atoms with Gasteiger partial charge in [0.15, 0.2) is 0 Å². The second-order valence-corrected chi connectivity index (χ2v) is 5.70. The minimum atomic E-state index is -0.130. The molecule has 2 fully saturated rings. The minimum absolute atomic E-state index is 0.130. The lowest BCUT2D eigenvalue weighted by Crippen LogP contribution is -2.44. The van der Waals surface area contributed by atoms with Crippen LogP contribution in [-0.4, -0.2) is 30.6 Å². The van der Waals surface area contributed by atoms with Crippen molar-refractivity contribution in [3.8, 4) is 0 Å². The van der Waals surface area contributed by atoms with Gasteiger partial charge in [-0.25, -0.2) is 4.39 Å². The van der Waals surface area contributed by atoms with E-state index in [2.05, 4.69) is 10.2 Å². The van der Waals surface area contributed by atoms with Gasteiger partial charge in [0, 0.05) is 19.1 Å². The number of nitrogens with zero attached hydrogens (tertiary/aromatic N) is 1. The van der Waals surface area contributed by atoms with Crippen LogP contribution in [0.1, 0.15) is 24.0 Å². The van der Waals surface area contributed by atoms with Crippen LogP contribution in [0.2, 0.25) is 0 Å². The van der Waals surface area contributed by atoms with Crippen LogP contribution in [0, 0.1) is 18.7 Å². The van der Waals surface area contributed by atoms with Crippen LogP contribution in [-0.2, 0) is 6.54 Å². The molecule has 0 spiro atoms. The van der Waals surface area contributed by atoms with E-state index in [0.29, 0.717) is 0 Å². The Bertz CT molecular complexity index is 433. The van der Waals surface area contributed by atoms with Crippen LogP contribution in [0.5, 0.6) is 0 Å². The van der Waals surface area contributed by atoms with E-state index in [-0.39, 0.29) is 5.82 Å². The standard InChI is InChI=1S/C15H21FN2/c1-11-8-14(16)3-2-12(11)9-18-7-5-15-13(10-18)4-6-17-15/h2-3,8,13,15,17H,4-7,9-10H2,1H3. The van der Waals surface area contributed by atoms with Crippen molar-refractivity contribution < 1.29 is 4.39 Å². The molecule has 2 saturated heterocycles. The van der Waals surface area contributed by atoms with Crippen LogP contribution < -0.4 is 5.32 Å². The number of benzene rings is 1. The molecule has 3 heteroatoms. The molecule has 0 bridgehead atoms. The summed E-state index contributed by atoms with van der Waals surface area (Å²) in [7, 11) is 0. The highest BCUT2D eigenvalue weighted by atomic mass is 19.1. The Hall–Kier alpha value is -0.930. The van der Waals surface area contributed by atoms with E-state index in [1.54, 1.807) is 12.1 Å². The summed E-state index contributed by atoms with van der Waals surface area (Å²) in [6.07, 6.45) is 2.56. The van der Waals surface area contributed by atoms with Gasteiger partial charge in [-0.3, -0.25) is 4.90 Å². The molecule has 0 aliphatic carbocycles. The summed E-state index contributed by atoms with van der Waals surface area (Å²) in [6.45, 7) is 6.50. The molecule has 2 atom stereocenters. The van der Waals surface area contributed by atoms with Crippen LogP contribution >= 0.6 is 0 Å². The molecule has 0 amide bonds. The van der Waals surface area contributed by atoms with Gasteiger partial charge in [-0.1, -0.05) is 6.07 Å². The minimum Gasteiger partial charge on any atom is -0.314 e. The van der Waals surface area contributed by atoms with Crippen molar-refractivity contribution >= 4 is 0 Å². The van der Waals surface area contributed by atoms with E-state index in [9.17, 15) is 4.39 Å². The topological polar surface area (TPSA) is 15.3 Å². The summed E-state index contributed by atoms with van der Waals surface area (Å²) < 4.78 is 13.1. The first-order chi connectivity index (χ1) is 8.72. The summed E-state index contributed by atoms with van der Waals surface area (Å²) in [5.41, 5.74) is 2.34. The van der Waals surface area contributed by atoms with Crippen molar-refractivity contribution in [2.45, 2.75) is 32.4 Å². The number of likely N-dealkylation sites (tertiary alicyclic amines) is 1. The Morgan fingerprint density at radius 2 is 2.28 bits per heavy atom. The molecule has 2 unspecified atom stereocenters. The van der Waals surface area contributed by atoms with Gasteiger partial charge in [-0.05, 0) is 62.0 Å². The summed E-state index contributed by atoms with van der Waals surface area (Å²) in [6, 6.07) is 5.89. The Morgan fingerprint density at radius 1 is 1.39 bits per heavy atom. The molecule has 0 radical (unpaired) electrons. The molecule has 98 valence electrons. The Labute approximate surface area is 108 Å². The molecule has 2 nitrogen and oxygen atoms in total. The zero-order valence-corrected chi connectivity index (χ0v) is 11.0. The number of hydrogen-bond acceptors (Lipinski definition) is 2. The molecule has 18 heavy (non-hydrogen) atoms. The molecular weight excluding hydrogens is 227 g/mol. The van der Waals surface area contributed by atoms with Crippen molar-refractivity contribution in [3.05, 3.63) is 35.1 Å². The van der Waals surface area contributed by atoms with Crippen molar-refractivity contribution in [1.82, 2.24) is 10.2 Å². The Morgan fingerprint density at radius 3 is 3.11 bits per heavy atom. The zero-order valence-electron chi connectivity index (χ0n) is 11.0. The van der Waals surface area contributed by atoms with Crippen LogP contribution in [0.3, 0.4) is 0 Å². The van der Waals surface area contributed by atoms with Crippen LogP contribution in [0.15, 0.2) is 18.2 Å². The third-order valence-corrected chi connectivity index (χ3v) is 4.44. The predicted molar refractivity (Wildman–Crippen MR) is 70.9 cm³/mol. The van der Waals surface area contributed by atoms with Gasteiger partial charge in [0.1, 0.15) is 5.82 Å². The van der Waals surface area contributed by atoms with Gasteiger partial charge in [0.25, 0.3) is 0 Å². The number of aryl methyl sites for hydroxylation is 1. The summed E-state index contributed by atoms with van der Waals surface area (Å²) in [4.78, 5) is 2.52. The van der Waals surface area contributed by atoms with Gasteiger partial charge >= 0.3 is 0 Å². The van der Waals surface area contributed by atoms with E-state index >= 15 is 0 Å². The molecule has 2 aliphatic rings. The maximum absolute atomic E-state index is 13.1. The quantitative estimate of drug-likeness (QED) is 0.864. The number of nitrogens with one attached hydrogen (secondary N) is 1. The lowest BCUT2D eigenvalue weighted by Gasteiger charge is -2.35. The molecule has 0 aromatic heterocycles. The third-order valence-electron chi connectivity index (χ3n) is 4.44. The number of piperidine rings is 1. The van der Waals surface area contributed by atoms with Gasteiger partial charge < -0.3 is 5.32 Å². The van der Waals surface area contributed by atoms with Gasteiger partial charge in [-0.2, -0.15) is 0 Å². The highest BCUT2D eigenvalue weighted by Gasteiger charge is 2.32. The maximum atomic E-state index is 13.1. The first kappa shape index (κ1) is 12.1.